The molecule has 1 N–H and O–H groups in total. The molecular weight excluding hydrogens is 211 g/mol. The number of hydrogen-bond acceptors (Lipinski definition) is 5. The van der Waals surface area contributed by atoms with Gasteiger partial charge in [0.05, 0.1) is 12.1 Å². The molecule has 0 aromatic carbocycles. The molecule has 7 heteroatoms. The van der Waals surface area contributed by atoms with Crippen molar-refractivity contribution >= 4 is 13.8 Å². The predicted octanol–water partition coefficient (Wildman–Crippen LogP) is -1.31. The van der Waals surface area contributed by atoms with Crippen molar-refractivity contribution in [3.8, 4) is 0 Å². The molecule has 2 atom stereocenters. The van der Waals surface area contributed by atoms with E-state index in [0.29, 0.717) is 19.3 Å². The number of aliphatic carboxylic acids is 1. The second kappa shape index (κ2) is 4.23. The van der Waals surface area contributed by atoms with Crippen molar-refractivity contribution < 1.29 is 28.8 Å². The number of carboxylic acids is 1. The van der Waals surface area contributed by atoms with E-state index in [4.69, 9.17) is 4.89 Å². The summed E-state index contributed by atoms with van der Waals surface area (Å²) >= 11 is 0. The van der Waals surface area contributed by atoms with Crippen molar-refractivity contribution in [3.05, 3.63) is 11.6 Å². The Balaban J connectivity index is 2.68. The Labute approximate surface area is 80.4 Å². The minimum atomic E-state index is -4.80. The number of hydrogen-bond donors (Lipinski definition) is 1. The molecule has 0 amide bonds. The molecule has 0 aliphatic heterocycles. The minimum Gasteiger partial charge on any atom is -0.756 e. The van der Waals surface area contributed by atoms with E-state index in [1.165, 1.54) is 0 Å². The third-order valence-electron chi connectivity index (χ3n) is 1.85. The molecule has 0 heterocycles. The summed E-state index contributed by atoms with van der Waals surface area (Å²) in [5.41, 5.74) is 0.00898. The van der Waals surface area contributed by atoms with Gasteiger partial charge in [0.25, 0.3) is 7.82 Å². The molecule has 6 nitrogen and oxygen atoms in total. The molecule has 0 fully saturated rings. The van der Waals surface area contributed by atoms with Crippen molar-refractivity contribution in [2.45, 2.75) is 25.4 Å². The topological polar surface area (TPSA) is 110 Å². The maximum Gasteiger partial charge on any atom is 0.265 e. The summed E-state index contributed by atoms with van der Waals surface area (Å²) in [4.78, 5) is 29.1. The van der Waals surface area contributed by atoms with Crippen LogP contribution in [-0.2, 0) is 13.9 Å². The van der Waals surface area contributed by atoms with Gasteiger partial charge < -0.3 is 24.2 Å². The Hall–Kier alpha value is -0.680. The van der Waals surface area contributed by atoms with Gasteiger partial charge in [0, 0.05) is 0 Å². The van der Waals surface area contributed by atoms with Gasteiger partial charge in [-0.05, 0) is 24.8 Å². The van der Waals surface area contributed by atoms with E-state index >= 15 is 0 Å². The number of carbonyl (C=O) groups excluding carboxylic acids is 1. The van der Waals surface area contributed by atoms with Crippen LogP contribution in [0.2, 0.25) is 0 Å². The van der Waals surface area contributed by atoms with Gasteiger partial charge in [-0.2, -0.15) is 0 Å². The first kappa shape index (κ1) is 11.4. The average Bonchev–Trinajstić information content (AvgIpc) is 2.01. The van der Waals surface area contributed by atoms with E-state index in [2.05, 4.69) is 4.52 Å². The highest BCUT2D eigenvalue weighted by Crippen LogP contribution is 2.36. The van der Waals surface area contributed by atoms with Crippen LogP contribution < -0.4 is 10.00 Å². The quantitative estimate of drug-likeness (QED) is 0.591. The van der Waals surface area contributed by atoms with E-state index in [0.717, 1.165) is 6.08 Å². The fourth-order valence-corrected chi connectivity index (χ4v) is 1.82. The van der Waals surface area contributed by atoms with Crippen molar-refractivity contribution in [2.24, 2.45) is 0 Å². The third kappa shape index (κ3) is 3.59. The smallest absolute Gasteiger partial charge is 0.265 e. The molecule has 0 radical (unpaired) electrons. The predicted molar refractivity (Wildman–Crippen MR) is 41.6 cm³/mol. The summed E-state index contributed by atoms with van der Waals surface area (Å²) in [6, 6.07) is 0. The largest absolute Gasteiger partial charge is 0.756 e. The van der Waals surface area contributed by atoms with Crippen LogP contribution in [0.1, 0.15) is 19.3 Å². The van der Waals surface area contributed by atoms with Gasteiger partial charge in [0.15, 0.2) is 0 Å². The Morgan fingerprint density at radius 3 is 2.86 bits per heavy atom. The van der Waals surface area contributed by atoms with Crippen LogP contribution in [0.3, 0.4) is 0 Å². The number of carboxylic acid groups (broad SMARTS) is 1. The zero-order valence-electron chi connectivity index (χ0n) is 7.21. The van der Waals surface area contributed by atoms with E-state index in [1.807, 2.05) is 0 Å². The first-order valence-corrected chi connectivity index (χ1v) is 5.52. The molecule has 14 heavy (non-hydrogen) atoms. The number of phosphoric ester groups is 1. The van der Waals surface area contributed by atoms with Crippen molar-refractivity contribution in [3.63, 3.8) is 0 Å². The van der Waals surface area contributed by atoms with E-state index in [1.54, 1.807) is 0 Å². The highest BCUT2D eigenvalue weighted by molar-refractivity contribution is 7.44. The molecule has 2 unspecified atom stereocenters. The molecule has 0 bridgehead atoms. The van der Waals surface area contributed by atoms with Crippen LogP contribution in [0.5, 0.6) is 0 Å². The highest BCUT2D eigenvalue weighted by atomic mass is 31.2. The number of phosphoric acid groups is 1. The number of carbonyl (C=O) groups is 1. The fourth-order valence-electron chi connectivity index (χ4n) is 1.31. The second-order valence-electron chi connectivity index (χ2n) is 2.98. The van der Waals surface area contributed by atoms with Crippen molar-refractivity contribution in [2.75, 3.05) is 0 Å². The first-order chi connectivity index (χ1) is 6.38. The number of rotatable bonds is 3. The molecule has 0 saturated carbocycles. The molecule has 1 aliphatic rings. The van der Waals surface area contributed by atoms with Crippen LogP contribution in [0, 0.1) is 0 Å². The van der Waals surface area contributed by atoms with Gasteiger partial charge in [0.1, 0.15) is 0 Å². The summed E-state index contributed by atoms with van der Waals surface area (Å²) in [7, 11) is -4.80. The van der Waals surface area contributed by atoms with Gasteiger partial charge in [-0.25, -0.2) is 0 Å². The Morgan fingerprint density at radius 1 is 1.71 bits per heavy atom. The van der Waals surface area contributed by atoms with Gasteiger partial charge in [0.2, 0.25) is 0 Å². The van der Waals surface area contributed by atoms with Gasteiger partial charge in [-0.3, -0.25) is 4.57 Å². The summed E-state index contributed by atoms with van der Waals surface area (Å²) in [6.07, 6.45) is 1.44. The molecule has 0 saturated heterocycles. The van der Waals surface area contributed by atoms with Crippen molar-refractivity contribution in [1.29, 1.82) is 0 Å². The molecule has 0 spiro atoms. The molecule has 0 aromatic rings. The molecule has 0 aromatic heterocycles. The van der Waals surface area contributed by atoms with Crippen LogP contribution in [-0.4, -0.2) is 17.0 Å². The van der Waals surface area contributed by atoms with Crippen molar-refractivity contribution in [1.82, 2.24) is 0 Å². The Kier molecular flexibility index (Phi) is 3.44. The van der Waals surface area contributed by atoms with Crippen LogP contribution >= 0.6 is 7.82 Å². The lowest BCUT2D eigenvalue weighted by Crippen LogP contribution is -2.28. The lowest BCUT2D eigenvalue weighted by Gasteiger charge is -2.26. The highest BCUT2D eigenvalue weighted by Gasteiger charge is 2.18. The van der Waals surface area contributed by atoms with Gasteiger partial charge in [-0.1, -0.05) is 6.08 Å². The first-order valence-electron chi connectivity index (χ1n) is 4.03. The monoisotopic (exact) mass is 220 g/mol. The zero-order valence-corrected chi connectivity index (χ0v) is 8.11. The van der Waals surface area contributed by atoms with Gasteiger partial charge >= 0.3 is 0 Å². The summed E-state index contributed by atoms with van der Waals surface area (Å²) in [5.74, 6) is -1.34. The molecule has 80 valence electrons. The van der Waals surface area contributed by atoms with Crippen LogP contribution in [0.4, 0.5) is 0 Å². The zero-order chi connectivity index (χ0) is 10.8. The normalized spacial score (nSPS) is 26.4. The van der Waals surface area contributed by atoms with E-state index in [9.17, 15) is 19.4 Å². The maximum absolute atomic E-state index is 10.4. The second-order valence-corrected chi connectivity index (χ2v) is 4.13. The average molecular weight is 220 g/mol. The third-order valence-corrected chi connectivity index (χ3v) is 2.39. The van der Waals surface area contributed by atoms with E-state index in [-0.39, 0.29) is 5.57 Å². The summed E-state index contributed by atoms with van der Waals surface area (Å²) in [5, 5.41) is 10.4. The SMILES string of the molecule is O=C([O-])C1=CC(OP(=O)([O-])O)CCC1. The maximum atomic E-state index is 10.4. The van der Waals surface area contributed by atoms with E-state index < -0.39 is 19.9 Å². The molecule has 1 rings (SSSR count). The Morgan fingerprint density at radius 2 is 2.36 bits per heavy atom. The fraction of sp³-hybridized carbons (Fsp3) is 0.571. The lowest BCUT2D eigenvalue weighted by atomic mass is 9.98. The summed E-state index contributed by atoms with van der Waals surface area (Å²) in [6.45, 7) is 0. The van der Waals surface area contributed by atoms with Crippen LogP contribution in [0.25, 0.3) is 0 Å². The standard InChI is InChI=1S/C7H11O6P/c8-7(9)5-2-1-3-6(4-5)13-14(10,11)12/h4,6H,1-3H2,(H,8,9)(H2,10,11,12)/p-2. The van der Waals surface area contributed by atoms with Crippen LogP contribution in [0.15, 0.2) is 11.6 Å². The Bertz CT molecular complexity index is 303. The lowest BCUT2D eigenvalue weighted by molar-refractivity contribution is -0.299. The molecular formula is C7H9O6P-2. The molecule has 1 aliphatic carbocycles. The summed E-state index contributed by atoms with van der Waals surface area (Å²) < 4.78 is 14.6. The van der Waals surface area contributed by atoms with Gasteiger partial charge in [-0.15, -0.1) is 0 Å². The minimum absolute atomic E-state index is 0.00898.